The molecule has 1 saturated heterocycles. The average Bonchev–Trinajstić information content (AvgIpc) is 3.17. The first kappa shape index (κ1) is 28.1. The predicted molar refractivity (Wildman–Crippen MR) is 155 cm³/mol. The second kappa shape index (κ2) is 12.3. The summed E-state index contributed by atoms with van der Waals surface area (Å²) in [6, 6.07) is 22.6. The van der Waals surface area contributed by atoms with Crippen LogP contribution in [0.4, 0.5) is 0 Å². The van der Waals surface area contributed by atoms with Gasteiger partial charge < -0.3 is 19.6 Å². The minimum absolute atomic E-state index is 0.125. The summed E-state index contributed by atoms with van der Waals surface area (Å²) in [7, 11) is 3.96. The zero-order valence-corrected chi connectivity index (χ0v) is 23.5. The van der Waals surface area contributed by atoms with E-state index in [9.17, 15) is 14.7 Å². The topological polar surface area (TPSA) is 70.1 Å². The molecule has 6 heteroatoms. The quantitative estimate of drug-likeness (QED) is 0.197. The summed E-state index contributed by atoms with van der Waals surface area (Å²) in [5.41, 5.74) is 4.47. The number of ketones is 1. The van der Waals surface area contributed by atoms with Gasteiger partial charge in [-0.3, -0.25) is 9.59 Å². The van der Waals surface area contributed by atoms with Gasteiger partial charge in [-0.15, -0.1) is 0 Å². The number of Topliss-reactive ketones (excluding diaryl/α,β-unsaturated/α-hetero) is 1. The summed E-state index contributed by atoms with van der Waals surface area (Å²) in [6.45, 7) is 7.78. The van der Waals surface area contributed by atoms with Gasteiger partial charge in [-0.05, 0) is 80.4 Å². The van der Waals surface area contributed by atoms with Crippen LogP contribution in [0.2, 0.25) is 0 Å². The fourth-order valence-corrected chi connectivity index (χ4v) is 4.93. The van der Waals surface area contributed by atoms with Gasteiger partial charge in [0.15, 0.2) is 0 Å². The molecule has 1 amide bonds. The van der Waals surface area contributed by atoms with E-state index in [0.717, 1.165) is 23.2 Å². The number of hydrogen-bond acceptors (Lipinski definition) is 5. The van der Waals surface area contributed by atoms with Crippen LogP contribution in [-0.4, -0.2) is 53.8 Å². The van der Waals surface area contributed by atoms with E-state index in [2.05, 4.69) is 13.8 Å². The molecule has 3 aromatic carbocycles. The lowest BCUT2D eigenvalue weighted by Gasteiger charge is -2.26. The third-order valence-electron chi connectivity index (χ3n) is 7.15. The van der Waals surface area contributed by atoms with Crippen LogP contribution in [0.5, 0.6) is 5.75 Å². The number of carbonyl (C=O) groups excluding carboxylic acids is 2. The summed E-state index contributed by atoms with van der Waals surface area (Å²) in [6.07, 6.45) is 0.715. The monoisotopic (exact) mass is 526 g/mol. The summed E-state index contributed by atoms with van der Waals surface area (Å²) < 4.78 is 5.99. The molecule has 1 N–H and O–H groups in total. The summed E-state index contributed by atoms with van der Waals surface area (Å²) >= 11 is 0. The summed E-state index contributed by atoms with van der Waals surface area (Å²) in [5, 5.41) is 11.5. The highest BCUT2D eigenvalue weighted by Crippen LogP contribution is 2.40. The summed E-state index contributed by atoms with van der Waals surface area (Å²) in [4.78, 5) is 30.2. The Labute approximate surface area is 231 Å². The molecule has 0 bridgehead atoms. The van der Waals surface area contributed by atoms with Gasteiger partial charge in [0, 0.05) is 12.1 Å². The van der Waals surface area contributed by atoms with E-state index in [4.69, 9.17) is 4.74 Å². The second-order valence-corrected chi connectivity index (χ2v) is 10.7. The van der Waals surface area contributed by atoms with Gasteiger partial charge in [0.25, 0.3) is 11.7 Å². The Bertz CT molecular complexity index is 1340. The molecular weight excluding hydrogens is 488 g/mol. The van der Waals surface area contributed by atoms with Gasteiger partial charge in [0.1, 0.15) is 18.1 Å². The molecule has 1 heterocycles. The van der Waals surface area contributed by atoms with Crippen molar-refractivity contribution in [2.75, 3.05) is 27.2 Å². The Morgan fingerprint density at radius 1 is 1.00 bits per heavy atom. The third kappa shape index (κ3) is 6.40. The van der Waals surface area contributed by atoms with Crippen molar-refractivity contribution in [1.82, 2.24) is 9.80 Å². The van der Waals surface area contributed by atoms with Gasteiger partial charge in [0.05, 0.1) is 11.6 Å². The highest BCUT2D eigenvalue weighted by atomic mass is 16.5. The van der Waals surface area contributed by atoms with E-state index >= 15 is 0 Å². The molecule has 6 nitrogen and oxygen atoms in total. The molecule has 39 heavy (non-hydrogen) atoms. The van der Waals surface area contributed by atoms with E-state index in [-0.39, 0.29) is 11.3 Å². The average molecular weight is 527 g/mol. The van der Waals surface area contributed by atoms with Crippen LogP contribution >= 0.6 is 0 Å². The van der Waals surface area contributed by atoms with Crippen molar-refractivity contribution in [1.29, 1.82) is 0 Å². The van der Waals surface area contributed by atoms with Gasteiger partial charge in [-0.1, -0.05) is 68.4 Å². The molecule has 0 radical (unpaired) electrons. The predicted octanol–water partition coefficient (Wildman–Crippen LogP) is 6.07. The van der Waals surface area contributed by atoms with E-state index in [1.54, 1.807) is 23.1 Å². The minimum atomic E-state index is -0.655. The molecule has 0 saturated carbocycles. The lowest BCUT2D eigenvalue weighted by Crippen LogP contribution is -2.32. The minimum Gasteiger partial charge on any atom is -0.507 e. The Kier molecular flexibility index (Phi) is 8.87. The Morgan fingerprint density at radius 2 is 1.69 bits per heavy atom. The van der Waals surface area contributed by atoms with Crippen molar-refractivity contribution in [3.63, 3.8) is 0 Å². The first-order valence-electron chi connectivity index (χ1n) is 13.5. The van der Waals surface area contributed by atoms with Gasteiger partial charge >= 0.3 is 0 Å². The number of aryl methyl sites for hydroxylation is 1. The number of likely N-dealkylation sites (tertiary alicyclic amines) is 1. The van der Waals surface area contributed by atoms with Gasteiger partial charge in [0.2, 0.25) is 0 Å². The molecule has 1 aliphatic heterocycles. The van der Waals surface area contributed by atoms with Crippen LogP contribution in [0.15, 0.2) is 78.4 Å². The molecule has 3 aromatic rings. The molecule has 4 rings (SSSR count). The number of benzene rings is 3. The van der Waals surface area contributed by atoms with Crippen LogP contribution in [0.3, 0.4) is 0 Å². The Hall–Kier alpha value is -3.90. The first-order valence-corrected chi connectivity index (χ1v) is 13.5. The molecule has 0 aromatic heterocycles. The normalized spacial score (nSPS) is 16.9. The zero-order valence-electron chi connectivity index (χ0n) is 23.5. The van der Waals surface area contributed by atoms with E-state index in [1.165, 1.54) is 5.56 Å². The largest absolute Gasteiger partial charge is 0.507 e. The zero-order chi connectivity index (χ0) is 28.1. The van der Waals surface area contributed by atoms with Crippen LogP contribution in [0, 0.1) is 6.92 Å². The molecule has 0 aliphatic carbocycles. The van der Waals surface area contributed by atoms with E-state index in [1.807, 2.05) is 80.5 Å². The molecule has 1 unspecified atom stereocenters. The van der Waals surface area contributed by atoms with Crippen LogP contribution in [-0.2, 0) is 16.2 Å². The maximum atomic E-state index is 13.4. The Morgan fingerprint density at radius 3 is 2.31 bits per heavy atom. The summed E-state index contributed by atoms with van der Waals surface area (Å²) in [5.74, 6) is -0.347. The number of hydrogen-bond donors (Lipinski definition) is 1. The lowest BCUT2D eigenvalue weighted by molar-refractivity contribution is -0.139. The van der Waals surface area contributed by atoms with Crippen molar-refractivity contribution < 1.29 is 19.4 Å². The molecule has 1 aliphatic rings. The molecule has 1 atom stereocenters. The number of aliphatic hydroxyl groups is 1. The highest BCUT2D eigenvalue weighted by Gasteiger charge is 2.45. The highest BCUT2D eigenvalue weighted by molar-refractivity contribution is 6.46. The number of ether oxygens (including phenoxy) is 1. The number of aliphatic hydroxyl groups excluding tert-OH is 1. The SMILES string of the molecule is Cc1cc(/C(O)=C2/C(=O)C(=O)N(CCCN(C)C)C2c2ccc(C(C)C)cc2)ccc1OCc1ccccc1. The molecule has 204 valence electrons. The third-order valence-corrected chi connectivity index (χ3v) is 7.15. The first-order chi connectivity index (χ1) is 18.7. The Balaban J connectivity index is 1.69. The maximum Gasteiger partial charge on any atom is 0.295 e. The second-order valence-electron chi connectivity index (χ2n) is 10.7. The smallest absolute Gasteiger partial charge is 0.295 e. The van der Waals surface area contributed by atoms with Crippen LogP contribution < -0.4 is 4.74 Å². The van der Waals surface area contributed by atoms with Crippen molar-refractivity contribution in [2.24, 2.45) is 0 Å². The number of amides is 1. The van der Waals surface area contributed by atoms with Crippen LogP contribution in [0.25, 0.3) is 5.76 Å². The van der Waals surface area contributed by atoms with Crippen LogP contribution in [0.1, 0.15) is 60.0 Å². The fourth-order valence-electron chi connectivity index (χ4n) is 4.93. The molecular formula is C33H38N2O4. The fraction of sp³-hybridized carbons (Fsp3) is 0.333. The van der Waals surface area contributed by atoms with E-state index in [0.29, 0.717) is 36.8 Å². The number of nitrogens with zero attached hydrogens (tertiary/aromatic N) is 2. The van der Waals surface area contributed by atoms with E-state index < -0.39 is 17.7 Å². The number of rotatable bonds is 10. The van der Waals surface area contributed by atoms with Gasteiger partial charge in [-0.2, -0.15) is 0 Å². The molecule has 0 spiro atoms. The lowest BCUT2D eigenvalue weighted by atomic mass is 9.93. The van der Waals surface area contributed by atoms with Crippen molar-refractivity contribution in [3.8, 4) is 5.75 Å². The van der Waals surface area contributed by atoms with Gasteiger partial charge in [-0.25, -0.2) is 0 Å². The number of carbonyl (C=O) groups is 2. The maximum absolute atomic E-state index is 13.4. The standard InChI is InChI=1S/C33H38N2O4/c1-22(2)25-12-14-26(15-13-25)30-29(32(37)33(38)35(30)19-9-18-34(4)5)31(36)27-16-17-28(23(3)20-27)39-21-24-10-7-6-8-11-24/h6-8,10-17,20,22,30,36H,9,18-19,21H2,1-5H3/b31-29-. The molecule has 1 fully saturated rings. The van der Waals surface area contributed by atoms with Crippen molar-refractivity contribution >= 4 is 17.4 Å². The van der Waals surface area contributed by atoms with Crippen molar-refractivity contribution in [2.45, 2.75) is 45.8 Å². The van der Waals surface area contributed by atoms with Crippen molar-refractivity contribution in [3.05, 3.63) is 106 Å².